The number of anilines is 1. The summed E-state index contributed by atoms with van der Waals surface area (Å²) in [5.41, 5.74) is 1.36. The predicted molar refractivity (Wildman–Crippen MR) is 122 cm³/mol. The van der Waals surface area contributed by atoms with Gasteiger partial charge in [-0.05, 0) is 63.1 Å². The van der Waals surface area contributed by atoms with Crippen LogP contribution in [0.2, 0.25) is 0 Å². The summed E-state index contributed by atoms with van der Waals surface area (Å²) in [5.74, 6) is 0.655. The number of rotatable bonds is 6. The number of hydrogen-bond donors (Lipinski definition) is 2. The molecule has 0 atom stereocenters. The van der Waals surface area contributed by atoms with E-state index >= 15 is 0 Å². The molecule has 8 nitrogen and oxygen atoms in total. The molecule has 3 rings (SSSR count). The van der Waals surface area contributed by atoms with Crippen molar-refractivity contribution in [2.75, 3.05) is 11.9 Å². The second-order valence-corrected chi connectivity index (χ2v) is 9.56. The van der Waals surface area contributed by atoms with Crippen LogP contribution in [0.1, 0.15) is 44.6 Å². The predicted octanol–water partition coefficient (Wildman–Crippen LogP) is 4.66. The van der Waals surface area contributed by atoms with Crippen molar-refractivity contribution in [2.24, 2.45) is 0 Å². The summed E-state index contributed by atoms with van der Waals surface area (Å²) in [5, 5.41) is 4.73. The van der Waals surface area contributed by atoms with Crippen LogP contribution in [0.5, 0.6) is 5.75 Å². The lowest BCUT2D eigenvalue weighted by Crippen LogP contribution is -2.52. The highest BCUT2D eigenvalue weighted by atomic mass is 32.2. The van der Waals surface area contributed by atoms with Crippen LogP contribution in [0.3, 0.4) is 0 Å². The summed E-state index contributed by atoms with van der Waals surface area (Å²) < 4.78 is 32.9. The molecule has 0 unspecified atom stereocenters. The molecule has 1 aliphatic carbocycles. The van der Waals surface area contributed by atoms with E-state index in [2.05, 4.69) is 10.6 Å². The molecule has 2 aromatic rings. The molecule has 0 spiro atoms. The molecular weight excluding hydrogens is 430 g/mol. The Bertz CT molecular complexity index is 1030. The third-order valence-electron chi connectivity index (χ3n) is 5.33. The van der Waals surface area contributed by atoms with E-state index in [1.54, 1.807) is 36.4 Å². The minimum Gasteiger partial charge on any atom is -0.494 e. The van der Waals surface area contributed by atoms with Gasteiger partial charge in [0.2, 0.25) is 0 Å². The third kappa shape index (κ3) is 5.79. The van der Waals surface area contributed by atoms with Crippen LogP contribution in [0.4, 0.5) is 15.3 Å². The van der Waals surface area contributed by atoms with Crippen molar-refractivity contribution in [1.82, 2.24) is 9.62 Å². The second kappa shape index (κ2) is 10.5. The zero-order valence-electron chi connectivity index (χ0n) is 18.3. The molecule has 4 amide bonds. The van der Waals surface area contributed by atoms with E-state index in [-0.39, 0.29) is 4.90 Å². The minimum atomic E-state index is -4.12. The quantitative estimate of drug-likeness (QED) is 0.654. The first-order valence-corrected chi connectivity index (χ1v) is 12.2. The number of carbonyl (C=O) groups is 2. The molecule has 0 saturated heterocycles. The summed E-state index contributed by atoms with van der Waals surface area (Å²) in [6.45, 7) is 4.25. The van der Waals surface area contributed by atoms with Crippen molar-refractivity contribution < 1.29 is 22.7 Å². The van der Waals surface area contributed by atoms with Gasteiger partial charge >= 0.3 is 12.1 Å². The highest BCUT2D eigenvalue weighted by Gasteiger charge is 2.37. The van der Waals surface area contributed by atoms with Crippen molar-refractivity contribution in [3.05, 3.63) is 54.1 Å². The van der Waals surface area contributed by atoms with Crippen LogP contribution in [-0.2, 0) is 10.0 Å². The lowest BCUT2D eigenvalue weighted by molar-refractivity contribution is 0.199. The number of nitrogens with zero attached hydrogens (tertiary/aromatic N) is 1. The van der Waals surface area contributed by atoms with Gasteiger partial charge in [-0.2, -0.15) is 0 Å². The highest BCUT2D eigenvalue weighted by molar-refractivity contribution is 7.89. The maximum Gasteiger partial charge on any atom is 0.339 e. The summed E-state index contributed by atoms with van der Waals surface area (Å²) in [4.78, 5) is 25.5. The van der Waals surface area contributed by atoms with Gasteiger partial charge in [0.05, 0.1) is 17.5 Å². The Morgan fingerprint density at radius 1 is 1.00 bits per heavy atom. The Morgan fingerprint density at radius 3 is 2.22 bits per heavy atom. The number of ether oxygens (including phenoxy) is 1. The Hall–Kier alpha value is -3.07. The summed E-state index contributed by atoms with van der Waals surface area (Å²) >= 11 is 0. The summed E-state index contributed by atoms with van der Waals surface area (Å²) in [6.07, 6.45) is 3.79. The average molecular weight is 460 g/mol. The van der Waals surface area contributed by atoms with E-state index in [1.807, 2.05) is 13.8 Å². The summed E-state index contributed by atoms with van der Waals surface area (Å²) in [7, 11) is -4.12. The van der Waals surface area contributed by atoms with Crippen LogP contribution in [-0.4, -0.2) is 37.4 Å². The van der Waals surface area contributed by atoms with Crippen molar-refractivity contribution in [3.63, 3.8) is 0 Å². The van der Waals surface area contributed by atoms with Crippen LogP contribution in [0, 0.1) is 6.92 Å². The van der Waals surface area contributed by atoms with Crippen molar-refractivity contribution in [2.45, 2.75) is 56.9 Å². The van der Waals surface area contributed by atoms with Gasteiger partial charge in [-0.15, -0.1) is 0 Å². The van der Waals surface area contributed by atoms with Gasteiger partial charge in [-0.1, -0.05) is 37.0 Å². The fraction of sp³-hybridized carbons (Fsp3) is 0.391. The summed E-state index contributed by atoms with van der Waals surface area (Å²) in [6, 6.07) is 10.7. The number of benzene rings is 2. The minimum absolute atomic E-state index is 0.0238. The molecule has 0 radical (unpaired) electrons. The van der Waals surface area contributed by atoms with E-state index in [9.17, 15) is 18.0 Å². The smallest absolute Gasteiger partial charge is 0.339 e. The Balaban J connectivity index is 1.77. The van der Waals surface area contributed by atoms with E-state index in [4.69, 9.17) is 4.74 Å². The first kappa shape index (κ1) is 23.6. The van der Waals surface area contributed by atoms with Gasteiger partial charge in [0.1, 0.15) is 5.75 Å². The number of urea groups is 2. The van der Waals surface area contributed by atoms with E-state index in [0.29, 0.717) is 30.9 Å². The van der Waals surface area contributed by atoms with Crippen LogP contribution >= 0.6 is 0 Å². The van der Waals surface area contributed by atoms with Gasteiger partial charge in [-0.3, -0.25) is 5.32 Å². The van der Waals surface area contributed by atoms with Crippen LogP contribution < -0.4 is 15.4 Å². The Labute approximate surface area is 189 Å². The molecule has 32 heavy (non-hydrogen) atoms. The molecule has 1 aliphatic rings. The first-order valence-electron chi connectivity index (χ1n) is 10.8. The number of imide groups is 1. The lowest BCUT2D eigenvalue weighted by atomic mass is 9.96. The normalized spacial score (nSPS) is 14.4. The monoisotopic (exact) mass is 459 g/mol. The maximum absolute atomic E-state index is 13.3. The van der Waals surface area contributed by atoms with Gasteiger partial charge in [0.15, 0.2) is 0 Å². The molecule has 9 heteroatoms. The average Bonchev–Trinajstić information content (AvgIpc) is 2.76. The number of nitrogens with one attached hydrogen (secondary N) is 2. The fourth-order valence-electron chi connectivity index (χ4n) is 3.73. The van der Waals surface area contributed by atoms with Crippen molar-refractivity contribution in [1.29, 1.82) is 0 Å². The topological polar surface area (TPSA) is 105 Å². The van der Waals surface area contributed by atoms with Gasteiger partial charge in [0.25, 0.3) is 10.0 Å². The van der Waals surface area contributed by atoms with E-state index in [0.717, 1.165) is 29.1 Å². The molecular formula is C23H29N3O5S. The van der Waals surface area contributed by atoms with Crippen LogP contribution in [0.15, 0.2) is 53.4 Å². The molecule has 0 bridgehead atoms. The van der Waals surface area contributed by atoms with Gasteiger partial charge in [-0.25, -0.2) is 22.3 Å². The lowest BCUT2D eigenvalue weighted by Gasteiger charge is -2.33. The zero-order valence-corrected chi connectivity index (χ0v) is 19.2. The largest absolute Gasteiger partial charge is 0.494 e. The Morgan fingerprint density at radius 2 is 1.62 bits per heavy atom. The molecule has 1 fully saturated rings. The zero-order chi connectivity index (χ0) is 23.1. The number of aryl methyl sites for hydroxylation is 1. The SMILES string of the molecule is CCOc1ccc(NC(=O)NC(=O)N(C2CCCCC2)S(=O)(=O)c2ccc(C)cc2)cc1. The van der Waals surface area contributed by atoms with Crippen molar-refractivity contribution >= 4 is 27.8 Å². The van der Waals surface area contributed by atoms with Crippen molar-refractivity contribution in [3.8, 4) is 5.75 Å². The first-order chi connectivity index (χ1) is 15.3. The van der Waals surface area contributed by atoms with E-state index in [1.165, 1.54) is 12.1 Å². The fourth-order valence-corrected chi connectivity index (χ4v) is 5.30. The Kier molecular flexibility index (Phi) is 7.74. The molecule has 1 saturated carbocycles. The molecule has 2 N–H and O–H groups in total. The number of hydrogen-bond acceptors (Lipinski definition) is 5. The second-order valence-electron chi connectivity index (χ2n) is 7.75. The maximum atomic E-state index is 13.3. The standard InChI is InChI=1S/C23H29N3O5S/c1-3-31-20-13-11-18(12-14-20)24-22(27)25-23(28)26(19-7-5-4-6-8-19)32(29,30)21-15-9-17(2)10-16-21/h9-16,19H,3-8H2,1-2H3,(H2,24,25,27,28). The van der Waals surface area contributed by atoms with E-state index < -0.39 is 28.1 Å². The highest BCUT2D eigenvalue weighted by Crippen LogP contribution is 2.28. The van der Waals surface area contributed by atoms with Gasteiger partial charge in [0, 0.05) is 5.69 Å². The molecule has 0 heterocycles. The molecule has 2 aromatic carbocycles. The number of amides is 4. The third-order valence-corrected chi connectivity index (χ3v) is 7.18. The van der Waals surface area contributed by atoms with Crippen LogP contribution in [0.25, 0.3) is 0 Å². The number of sulfonamides is 1. The van der Waals surface area contributed by atoms with Gasteiger partial charge < -0.3 is 10.1 Å². The molecule has 0 aliphatic heterocycles. The number of carbonyl (C=O) groups excluding carboxylic acids is 2. The molecule has 0 aromatic heterocycles. The molecule has 172 valence electrons.